The molecule has 0 fully saturated rings. The Bertz CT molecular complexity index is 475. The van der Waals surface area contributed by atoms with E-state index in [0.717, 1.165) is 11.4 Å². The molecule has 1 heterocycles. The van der Waals surface area contributed by atoms with E-state index in [1.54, 1.807) is 6.20 Å². The number of aromatic nitrogens is 2. The molecule has 3 nitrogen and oxygen atoms in total. The van der Waals surface area contributed by atoms with Crippen molar-refractivity contribution in [2.75, 3.05) is 6.54 Å². The minimum absolute atomic E-state index is 0.285. The monoisotopic (exact) mass is 283 g/mol. The van der Waals surface area contributed by atoms with E-state index in [1.807, 2.05) is 16.8 Å². The van der Waals surface area contributed by atoms with E-state index < -0.39 is 0 Å². The molecular formula is C11H11BrFN3. The lowest BCUT2D eigenvalue weighted by atomic mass is 10.2. The summed E-state index contributed by atoms with van der Waals surface area (Å²) in [5.74, 6) is 0.442. The lowest BCUT2D eigenvalue weighted by molar-refractivity contribution is 0.626. The van der Waals surface area contributed by atoms with Gasteiger partial charge in [-0.05, 0) is 18.2 Å². The van der Waals surface area contributed by atoms with Crippen molar-refractivity contribution in [1.82, 2.24) is 9.55 Å². The molecule has 0 amide bonds. The molecule has 0 radical (unpaired) electrons. The van der Waals surface area contributed by atoms with Crippen LogP contribution in [0, 0.1) is 5.82 Å². The lowest BCUT2D eigenvalue weighted by Crippen LogP contribution is -2.10. The van der Waals surface area contributed by atoms with Crippen LogP contribution in [-0.4, -0.2) is 16.1 Å². The van der Waals surface area contributed by atoms with E-state index in [4.69, 9.17) is 5.73 Å². The normalized spacial score (nSPS) is 10.7. The maximum atomic E-state index is 13.2. The largest absolute Gasteiger partial charge is 0.330 e. The van der Waals surface area contributed by atoms with Gasteiger partial charge in [-0.25, -0.2) is 9.37 Å². The first-order valence-corrected chi connectivity index (χ1v) is 5.67. The molecule has 84 valence electrons. The quantitative estimate of drug-likeness (QED) is 0.940. The summed E-state index contributed by atoms with van der Waals surface area (Å²) in [6.07, 6.45) is 3.52. The molecule has 1 aromatic carbocycles. The molecule has 0 saturated carbocycles. The Hall–Kier alpha value is -1.20. The van der Waals surface area contributed by atoms with E-state index >= 15 is 0 Å². The Morgan fingerprint density at radius 2 is 2.19 bits per heavy atom. The molecule has 2 N–H and O–H groups in total. The highest BCUT2D eigenvalue weighted by Gasteiger charge is 2.07. The molecule has 2 rings (SSSR count). The highest BCUT2D eigenvalue weighted by molar-refractivity contribution is 9.10. The Morgan fingerprint density at radius 1 is 1.38 bits per heavy atom. The number of benzene rings is 1. The molecule has 0 aliphatic rings. The Morgan fingerprint density at radius 3 is 2.88 bits per heavy atom. The van der Waals surface area contributed by atoms with Crippen LogP contribution in [-0.2, 0) is 6.54 Å². The molecule has 0 bridgehead atoms. The van der Waals surface area contributed by atoms with Crippen molar-refractivity contribution in [1.29, 1.82) is 0 Å². The SMILES string of the molecule is NCCn1ccnc1-c1cc(F)cc(Br)c1. The summed E-state index contributed by atoms with van der Waals surface area (Å²) in [5.41, 5.74) is 6.24. The summed E-state index contributed by atoms with van der Waals surface area (Å²) >= 11 is 3.26. The first kappa shape index (κ1) is 11.3. The molecule has 2 aromatic rings. The van der Waals surface area contributed by atoms with Crippen molar-refractivity contribution in [2.24, 2.45) is 5.73 Å². The van der Waals surface area contributed by atoms with Crippen LogP contribution in [0.5, 0.6) is 0 Å². The fraction of sp³-hybridized carbons (Fsp3) is 0.182. The second-order valence-electron chi connectivity index (χ2n) is 3.39. The predicted octanol–water partition coefficient (Wildman–Crippen LogP) is 2.41. The van der Waals surface area contributed by atoms with Gasteiger partial charge in [-0.2, -0.15) is 0 Å². The van der Waals surface area contributed by atoms with Crippen LogP contribution in [0.1, 0.15) is 0 Å². The van der Waals surface area contributed by atoms with E-state index in [-0.39, 0.29) is 5.82 Å². The van der Waals surface area contributed by atoms with E-state index in [2.05, 4.69) is 20.9 Å². The summed E-state index contributed by atoms with van der Waals surface area (Å²) in [6.45, 7) is 1.20. The van der Waals surface area contributed by atoms with E-state index in [9.17, 15) is 4.39 Å². The van der Waals surface area contributed by atoms with Crippen molar-refractivity contribution < 1.29 is 4.39 Å². The maximum absolute atomic E-state index is 13.2. The Balaban J connectivity index is 2.45. The first-order chi connectivity index (χ1) is 7.70. The molecule has 0 aliphatic carbocycles. The number of nitrogens with two attached hydrogens (primary N) is 1. The van der Waals surface area contributed by atoms with Gasteiger partial charge in [0.1, 0.15) is 11.6 Å². The third-order valence-electron chi connectivity index (χ3n) is 2.21. The summed E-state index contributed by atoms with van der Waals surface area (Å²) in [7, 11) is 0. The van der Waals surface area contributed by atoms with Crippen molar-refractivity contribution in [3.05, 3.63) is 40.9 Å². The summed E-state index contributed by atoms with van der Waals surface area (Å²) in [5, 5.41) is 0. The third kappa shape index (κ3) is 2.31. The molecular weight excluding hydrogens is 273 g/mol. The Kier molecular flexibility index (Phi) is 3.36. The zero-order chi connectivity index (χ0) is 11.5. The highest BCUT2D eigenvalue weighted by atomic mass is 79.9. The van der Waals surface area contributed by atoms with Crippen LogP contribution in [0.15, 0.2) is 35.1 Å². The van der Waals surface area contributed by atoms with Gasteiger partial charge >= 0.3 is 0 Å². The summed E-state index contributed by atoms with van der Waals surface area (Å²) in [6, 6.07) is 4.71. The van der Waals surface area contributed by atoms with Gasteiger partial charge in [0.25, 0.3) is 0 Å². The minimum Gasteiger partial charge on any atom is -0.330 e. The molecule has 0 aliphatic heterocycles. The predicted molar refractivity (Wildman–Crippen MR) is 64.4 cm³/mol. The van der Waals surface area contributed by atoms with Crippen LogP contribution in [0.3, 0.4) is 0 Å². The number of rotatable bonds is 3. The second kappa shape index (κ2) is 4.76. The molecule has 16 heavy (non-hydrogen) atoms. The van der Waals surface area contributed by atoms with Gasteiger partial charge in [-0.1, -0.05) is 15.9 Å². The first-order valence-electron chi connectivity index (χ1n) is 4.88. The third-order valence-corrected chi connectivity index (χ3v) is 2.66. The second-order valence-corrected chi connectivity index (χ2v) is 4.31. The molecule has 5 heteroatoms. The lowest BCUT2D eigenvalue weighted by Gasteiger charge is -2.06. The van der Waals surface area contributed by atoms with Crippen molar-refractivity contribution in [3.63, 3.8) is 0 Å². The molecule has 0 spiro atoms. The van der Waals surface area contributed by atoms with Crippen molar-refractivity contribution in [3.8, 4) is 11.4 Å². The number of halogens is 2. The average molecular weight is 284 g/mol. The zero-order valence-corrected chi connectivity index (χ0v) is 10.1. The van der Waals surface area contributed by atoms with Crippen LogP contribution in [0.25, 0.3) is 11.4 Å². The highest BCUT2D eigenvalue weighted by Crippen LogP contribution is 2.23. The molecule has 1 aromatic heterocycles. The summed E-state index contributed by atoms with van der Waals surface area (Å²) in [4.78, 5) is 4.21. The van der Waals surface area contributed by atoms with Crippen LogP contribution in [0.2, 0.25) is 0 Å². The number of nitrogens with zero attached hydrogens (tertiary/aromatic N) is 2. The number of hydrogen-bond donors (Lipinski definition) is 1. The van der Waals surface area contributed by atoms with E-state index in [1.165, 1.54) is 12.1 Å². The molecule has 0 atom stereocenters. The van der Waals surface area contributed by atoms with Crippen LogP contribution >= 0.6 is 15.9 Å². The Labute approximate surface area is 101 Å². The standard InChI is InChI=1S/C11H11BrFN3/c12-9-5-8(6-10(13)7-9)11-15-2-4-16(11)3-1-14/h2,4-7H,1,3,14H2. The zero-order valence-electron chi connectivity index (χ0n) is 8.53. The van der Waals surface area contributed by atoms with Gasteiger partial charge in [0, 0.05) is 35.5 Å². The topological polar surface area (TPSA) is 43.8 Å². The van der Waals surface area contributed by atoms with Gasteiger partial charge < -0.3 is 10.3 Å². The van der Waals surface area contributed by atoms with Gasteiger partial charge in [-0.3, -0.25) is 0 Å². The number of hydrogen-bond acceptors (Lipinski definition) is 2. The summed E-state index contributed by atoms with van der Waals surface area (Å²) < 4.78 is 15.8. The number of imidazole rings is 1. The molecule has 0 saturated heterocycles. The fourth-order valence-corrected chi connectivity index (χ4v) is 2.04. The minimum atomic E-state index is -0.285. The maximum Gasteiger partial charge on any atom is 0.140 e. The van der Waals surface area contributed by atoms with Gasteiger partial charge in [-0.15, -0.1) is 0 Å². The van der Waals surface area contributed by atoms with Gasteiger partial charge in [0.15, 0.2) is 0 Å². The smallest absolute Gasteiger partial charge is 0.140 e. The van der Waals surface area contributed by atoms with E-state index in [0.29, 0.717) is 17.6 Å². The van der Waals surface area contributed by atoms with Crippen molar-refractivity contribution in [2.45, 2.75) is 6.54 Å². The molecule has 0 unspecified atom stereocenters. The van der Waals surface area contributed by atoms with Crippen molar-refractivity contribution >= 4 is 15.9 Å². The van der Waals surface area contributed by atoms with Crippen LogP contribution < -0.4 is 5.73 Å². The van der Waals surface area contributed by atoms with Gasteiger partial charge in [0.05, 0.1) is 0 Å². The van der Waals surface area contributed by atoms with Gasteiger partial charge in [0.2, 0.25) is 0 Å². The fourth-order valence-electron chi connectivity index (χ4n) is 1.57. The van der Waals surface area contributed by atoms with Crippen LogP contribution in [0.4, 0.5) is 4.39 Å². The average Bonchev–Trinajstić information content (AvgIpc) is 2.65.